The highest BCUT2D eigenvalue weighted by atomic mass is 16.3. The van der Waals surface area contributed by atoms with Crippen molar-refractivity contribution in [3.05, 3.63) is 60.2 Å². The minimum Gasteiger partial charge on any atom is -0.388 e. The van der Waals surface area contributed by atoms with Crippen LogP contribution in [-0.4, -0.2) is 44.1 Å². The Morgan fingerprint density at radius 2 is 1.96 bits per heavy atom. The normalized spacial score (nSPS) is 28.7. The SMILES string of the molecule is C[C@@]1(O)CCN(Cc2cncnc2)[C@@H](c2ccccc2)[C@@H]1NC(=O)C1CC1. The average Bonchev–Trinajstić information content (AvgIpc) is 3.51. The Kier molecular flexibility index (Phi) is 4.93. The van der Waals surface area contributed by atoms with Crippen molar-refractivity contribution in [1.29, 1.82) is 0 Å². The zero-order chi connectivity index (χ0) is 18.9. The molecule has 1 aromatic carbocycles. The number of piperidine rings is 1. The van der Waals surface area contributed by atoms with Gasteiger partial charge >= 0.3 is 0 Å². The van der Waals surface area contributed by atoms with E-state index in [1.807, 2.05) is 37.5 Å². The third-order valence-corrected chi connectivity index (χ3v) is 5.67. The molecule has 2 N–H and O–H groups in total. The van der Waals surface area contributed by atoms with E-state index in [2.05, 4.69) is 32.3 Å². The maximum absolute atomic E-state index is 12.5. The van der Waals surface area contributed by atoms with Crippen LogP contribution in [0.3, 0.4) is 0 Å². The van der Waals surface area contributed by atoms with Gasteiger partial charge in [0.25, 0.3) is 0 Å². The number of hydrogen-bond acceptors (Lipinski definition) is 5. The molecule has 1 aliphatic heterocycles. The number of carbonyl (C=O) groups excluding carboxylic acids is 1. The van der Waals surface area contributed by atoms with Crippen LogP contribution in [0.15, 0.2) is 49.1 Å². The summed E-state index contributed by atoms with van der Waals surface area (Å²) in [6, 6.07) is 9.64. The Bertz CT molecular complexity index is 777. The maximum atomic E-state index is 12.5. The van der Waals surface area contributed by atoms with Crippen molar-refractivity contribution in [2.45, 2.75) is 50.4 Å². The Morgan fingerprint density at radius 3 is 2.63 bits per heavy atom. The number of aromatic nitrogens is 2. The number of nitrogens with zero attached hydrogens (tertiary/aromatic N) is 3. The molecule has 2 aromatic rings. The van der Waals surface area contributed by atoms with Crippen LogP contribution in [0.1, 0.15) is 43.4 Å². The summed E-state index contributed by atoms with van der Waals surface area (Å²) in [5.41, 5.74) is 1.15. The van der Waals surface area contributed by atoms with Crippen molar-refractivity contribution in [3.8, 4) is 0 Å². The van der Waals surface area contributed by atoms with Crippen molar-refractivity contribution < 1.29 is 9.90 Å². The van der Waals surface area contributed by atoms with Crippen molar-refractivity contribution in [1.82, 2.24) is 20.2 Å². The standard InChI is InChI=1S/C21H26N4O2/c1-21(27)9-10-25(13-15-11-22-14-23-12-15)18(16-5-3-2-4-6-16)19(21)24-20(26)17-7-8-17/h2-6,11-12,14,17-19,27H,7-10,13H2,1H3,(H,24,26)/t18-,19-,21+/m0/s1. The minimum atomic E-state index is -0.964. The fourth-order valence-corrected chi connectivity index (χ4v) is 3.94. The quantitative estimate of drug-likeness (QED) is 0.847. The second kappa shape index (κ2) is 7.37. The van der Waals surface area contributed by atoms with Crippen LogP contribution < -0.4 is 5.32 Å². The molecule has 4 rings (SSSR count). The summed E-state index contributed by atoms with van der Waals surface area (Å²) >= 11 is 0. The van der Waals surface area contributed by atoms with Gasteiger partial charge in [0.15, 0.2) is 0 Å². The highest BCUT2D eigenvalue weighted by Crippen LogP contribution is 2.39. The van der Waals surface area contributed by atoms with Crippen LogP contribution in [-0.2, 0) is 11.3 Å². The third kappa shape index (κ3) is 4.01. The average molecular weight is 366 g/mol. The molecule has 2 aliphatic rings. The van der Waals surface area contributed by atoms with Crippen LogP contribution in [0, 0.1) is 5.92 Å². The first kappa shape index (κ1) is 18.1. The summed E-state index contributed by atoms with van der Waals surface area (Å²) in [5.74, 6) is 0.168. The van der Waals surface area contributed by atoms with Gasteiger partial charge in [-0.2, -0.15) is 0 Å². The lowest BCUT2D eigenvalue weighted by atomic mass is 9.79. The second-order valence-electron chi connectivity index (χ2n) is 7.94. The van der Waals surface area contributed by atoms with Crippen molar-refractivity contribution in [2.24, 2.45) is 5.92 Å². The molecule has 1 saturated carbocycles. The monoisotopic (exact) mass is 366 g/mol. The molecule has 6 nitrogen and oxygen atoms in total. The van der Waals surface area contributed by atoms with E-state index in [0.29, 0.717) is 13.0 Å². The molecule has 0 spiro atoms. The fourth-order valence-electron chi connectivity index (χ4n) is 3.94. The van der Waals surface area contributed by atoms with E-state index >= 15 is 0 Å². The van der Waals surface area contributed by atoms with Gasteiger partial charge < -0.3 is 10.4 Å². The van der Waals surface area contributed by atoms with E-state index in [0.717, 1.165) is 30.5 Å². The first-order chi connectivity index (χ1) is 13.0. The van der Waals surface area contributed by atoms with Crippen LogP contribution >= 0.6 is 0 Å². The zero-order valence-electron chi connectivity index (χ0n) is 15.6. The van der Waals surface area contributed by atoms with E-state index in [1.54, 1.807) is 0 Å². The molecule has 0 unspecified atom stereocenters. The van der Waals surface area contributed by atoms with Crippen LogP contribution in [0.5, 0.6) is 0 Å². The van der Waals surface area contributed by atoms with Gasteiger partial charge in [-0.3, -0.25) is 9.69 Å². The number of rotatable bonds is 5. The Hall–Kier alpha value is -2.31. The lowest BCUT2D eigenvalue weighted by Gasteiger charge is -2.49. The van der Waals surface area contributed by atoms with Gasteiger partial charge in [-0.15, -0.1) is 0 Å². The zero-order valence-corrected chi connectivity index (χ0v) is 15.6. The highest BCUT2D eigenvalue weighted by Gasteiger charge is 2.47. The van der Waals surface area contributed by atoms with E-state index in [4.69, 9.17) is 0 Å². The Morgan fingerprint density at radius 1 is 1.26 bits per heavy atom. The van der Waals surface area contributed by atoms with Crippen molar-refractivity contribution in [2.75, 3.05) is 6.54 Å². The number of aliphatic hydroxyl groups is 1. The van der Waals surface area contributed by atoms with E-state index in [1.165, 1.54) is 6.33 Å². The molecule has 142 valence electrons. The molecule has 6 heteroatoms. The largest absolute Gasteiger partial charge is 0.388 e. The predicted octanol–water partition coefficient (Wildman–Crippen LogP) is 2.07. The number of nitrogens with one attached hydrogen (secondary N) is 1. The number of likely N-dealkylation sites (tertiary alicyclic amines) is 1. The van der Waals surface area contributed by atoms with E-state index in [-0.39, 0.29) is 23.9 Å². The molecule has 0 bridgehead atoms. The number of benzene rings is 1. The summed E-state index contributed by atoms with van der Waals surface area (Å²) in [6.07, 6.45) is 7.65. The third-order valence-electron chi connectivity index (χ3n) is 5.67. The first-order valence-electron chi connectivity index (χ1n) is 9.60. The molecule has 3 atom stereocenters. The molecule has 1 amide bonds. The predicted molar refractivity (Wildman–Crippen MR) is 102 cm³/mol. The summed E-state index contributed by atoms with van der Waals surface area (Å²) in [4.78, 5) is 23.1. The Labute approximate surface area is 159 Å². The van der Waals surface area contributed by atoms with Gasteiger partial charge in [0.1, 0.15) is 6.33 Å². The van der Waals surface area contributed by atoms with Gasteiger partial charge in [-0.05, 0) is 31.7 Å². The van der Waals surface area contributed by atoms with E-state index < -0.39 is 5.60 Å². The van der Waals surface area contributed by atoms with Crippen LogP contribution in [0.25, 0.3) is 0 Å². The van der Waals surface area contributed by atoms with Crippen molar-refractivity contribution >= 4 is 5.91 Å². The van der Waals surface area contributed by atoms with Crippen LogP contribution in [0.2, 0.25) is 0 Å². The maximum Gasteiger partial charge on any atom is 0.223 e. The first-order valence-corrected chi connectivity index (χ1v) is 9.60. The van der Waals surface area contributed by atoms with Gasteiger partial charge in [-0.1, -0.05) is 30.3 Å². The van der Waals surface area contributed by atoms with Gasteiger partial charge in [0.2, 0.25) is 5.91 Å². The molecule has 1 saturated heterocycles. The van der Waals surface area contributed by atoms with Crippen molar-refractivity contribution in [3.63, 3.8) is 0 Å². The second-order valence-corrected chi connectivity index (χ2v) is 7.94. The molecule has 0 radical (unpaired) electrons. The van der Waals surface area contributed by atoms with Gasteiger partial charge in [0, 0.05) is 37.0 Å². The lowest BCUT2D eigenvalue weighted by Crippen LogP contribution is -2.62. The highest BCUT2D eigenvalue weighted by molar-refractivity contribution is 5.81. The van der Waals surface area contributed by atoms with Crippen LogP contribution in [0.4, 0.5) is 0 Å². The minimum absolute atomic E-state index is 0.0612. The smallest absolute Gasteiger partial charge is 0.223 e. The number of carbonyl (C=O) groups is 1. The molecular weight excluding hydrogens is 340 g/mol. The summed E-state index contributed by atoms with van der Waals surface area (Å²) < 4.78 is 0. The summed E-state index contributed by atoms with van der Waals surface area (Å²) in [5, 5.41) is 14.3. The molecule has 27 heavy (non-hydrogen) atoms. The summed E-state index contributed by atoms with van der Waals surface area (Å²) in [6.45, 7) is 3.24. The molecule has 2 fully saturated rings. The lowest BCUT2D eigenvalue weighted by molar-refractivity contribution is -0.130. The summed E-state index contributed by atoms with van der Waals surface area (Å²) in [7, 11) is 0. The molecule has 1 aromatic heterocycles. The topological polar surface area (TPSA) is 78.3 Å². The Balaban J connectivity index is 1.66. The number of amides is 1. The van der Waals surface area contributed by atoms with Gasteiger partial charge in [-0.25, -0.2) is 9.97 Å². The van der Waals surface area contributed by atoms with Gasteiger partial charge in [0.05, 0.1) is 17.7 Å². The molecule has 2 heterocycles. The van der Waals surface area contributed by atoms with E-state index in [9.17, 15) is 9.90 Å². The molecular formula is C21H26N4O2. The molecule has 1 aliphatic carbocycles. The number of hydrogen-bond donors (Lipinski definition) is 2. The fraction of sp³-hybridized carbons (Fsp3) is 0.476.